The summed E-state index contributed by atoms with van der Waals surface area (Å²) in [7, 11) is 0. The third-order valence-electron chi connectivity index (χ3n) is 6.60. The fourth-order valence-corrected chi connectivity index (χ4v) is 5.90. The van der Waals surface area contributed by atoms with Gasteiger partial charge in [-0.1, -0.05) is 114 Å². The maximum absolute atomic E-state index is 14.0. The van der Waals surface area contributed by atoms with Crippen molar-refractivity contribution < 1.29 is 9.53 Å². The normalized spacial score (nSPS) is 15.3. The molecule has 0 radical (unpaired) electrons. The highest BCUT2D eigenvalue weighted by Gasteiger charge is 2.35. The monoisotopic (exact) mass is 516 g/mol. The summed E-state index contributed by atoms with van der Waals surface area (Å²) in [6.07, 6.45) is 1.92. The van der Waals surface area contributed by atoms with Crippen LogP contribution in [0, 0.1) is 0 Å². The number of esters is 1. The minimum atomic E-state index is -0.670. The van der Waals surface area contributed by atoms with Crippen LogP contribution in [0.2, 0.25) is 0 Å². The first-order valence-corrected chi connectivity index (χ1v) is 13.3. The van der Waals surface area contributed by atoms with Crippen LogP contribution in [0.15, 0.2) is 118 Å². The molecule has 0 amide bonds. The molecule has 1 atom stereocenters. The molecule has 5 nitrogen and oxygen atoms in total. The number of ether oxygens (including phenoxy) is 1. The molecule has 2 heterocycles. The van der Waals surface area contributed by atoms with E-state index >= 15 is 0 Å². The van der Waals surface area contributed by atoms with Gasteiger partial charge in [0.2, 0.25) is 0 Å². The highest BCUT2D eigenvalue weighted by atomic mass is 32.1. The largest absolute Gasteiger partial charge is 0.463 e. The first-order valence-electron chi connectivity index (χ1n) is 12.5. The van der Waals surface area contributed by atoms with Gasteiger partial charge < -0.3 is 4.74 Å². The Kier molecular flexibility index (Phi) is 6.32. The highest BCUT2D eigenvalue weighted by Crippen LogP contribution is 2.35. The molecule has 0 bridgehead atoms. The summed E-state index contributed by atoms with van der Waals surface area (Å²) >= 11 is 1.33. The standard InChI is InChI=1S/C32H24N2O3S/c1-2-37-31(36)27-28(22-13-5-3-6-14-22)33-32-34(29(27)23-15-7-4-8-16-23)30(35)26(38-32)20-24-18-11-17-21-12-9-10-19-25(21)24/h3-20,29H,2H2,1H3/b26-20-/t29-/m0/s1. The van der Waals surface area contributed by atoms with E-state index in [-0.39, 0.29) is 12.2 Å². The molecule has 0 unspecified atom stereocenters. The van der Waals surface area contributed by atoms with Crippen molar-refractivity contribution in [2.24, 2.45) is 4.99 Å². The van der Waals surface area contributed by atoms with E-state index in [0.717, 1.165) is 27.5 Å². The second-order valence-electron chi connectivity index (χ2n) is 8.91. The van der Waals surface area contributed by atoms with Crippen LogP contribution < -0.4 is 14.9 Å². The fourth-order valence-electron chi connectivity index (χ4n) is 4.91. The third-order valence-corrected chi connectivity index (χ3v) is 7.58. The van der Waals surface area contributed by atoms with E-state index in [0.29, 0.717) is 20.6 Å². The lowest BCUT2D eigenvalue weighted by molar-refractivity contribution is -0.138. The van der Waals surface area contributed by atoms with Crippen molar-refractivity contribution in [1.82, 2.24) is 4.57 Å². The lowest BCUT2D eigenvalue weighted by Gasteiger charge is -2.25. The zero-order valence-electron chi connectivity index (χ0n) is 20.7. The van der Waals surface area contributed by atoms with Gasteiger partial charge in [0.15, 0.2) is 4.80 Å². The molecule has 186 valence electrons. The van der Waals surface area contributed by atoms with Crippen LogP contribution in [0.3, 0.4) is 0 Å². The van der Waals surface area contributed by atoms with Crippen LogP contribution >= 0.6 is 11.3 Å². The third kappa shape index (κ3) is 4.19. The molecule has 1 aromatic heterocycles. The van der Waals surface area contributed by atoms with Crippen molar-refractivity contribution in [2.75, 3.05) is 6.61 Å². The number of carbonyl (C=O) groups is 1. The van der Waals surface area contributed by atoms with E-state index in [1.165, 1.54) is 11.3 Å². The number of carbonyl (C=O) groups excluding carboxylic acids is 1. The van der Waals surface area contributed by atoms with Gasteiger partial charge in [0, 0.05) is 5.56 Å². The van der Waals surface area contributed by atoms with E-state index < -0.39 is 12.0 Å². The van der Waals surface area contributed by atoms with Gasteiger partial charge in [0.25, 0.3) is 5.56 Å². The van der Waals surface area contributed by atoms with Crippen LogP contribution in [0.1, 0.15) is 29.7 Å². The summed E-state index contributed by atoms with van der Waals surface area (Å²) < 4.78 is 7.70. The van der Waals surface area contributed by atoms with Gasteiger partial charge in [-0.25, -0.2) is 9.79 Å². The minimum absolute atomic E-state index is 0.190. The SMILES string of the molecule is CCOC(=O)C1=C(c2ccccc2)N=c2s/c(=C\c3cccc4ccccc34)c(=O)n2[C@H]1c1ccccc1. The number of hydrogen-bond acceptors (Lipinski definition) is 5. The zero-order chi connectivity index (χ0) is 26.1. The second kappa shape index (κ2) is 10.1. The summed E-state index contributed by atoms with van der Waals surface area (Å²) in [6.45, 7) is 2.00. The van der Waals surface area contributed by atoms with E-state index in [2.05, 4.69) is 18.2 Å². The summed E-state index contributed by atoms with van der Waals surface area (Å²) in [5.74, 6) is -0.479. The second-order valence-corrected chi connectivity index (χ2v) is 9.92. The molecule has 0 N–H and O–H groups in total. The molecule has 0 spiro atoms. The van der Waals surface area contributed by atoms with Gasteiger partial charge in [-0.2, -0.15) is 0 Å². The molecule has 6 heteroatoms. The fraction of sp³-hybridized carbons (Fsp3) is 0.0938. The Morgan fingerprint density at radius 2 is 1.61 bits per heavy atom. The summed E-state index contributed by atoms with van der Waals surface area (Å²) in [4.78, 5) is 32.9. The number of thiazole rings is 1. The summed E-state index contributed by atoms with van der Waals surface area (Å²) in [5, 5.41) is 2.17. The Bertz CT molecular complexity index is 1860. The van der Waals surface area contributed by atoms with Crippen molar-refractivity contribution in [1.29, 1.82) is 0 Å². The molecule has 0 saturated carbocycles. The van der Waals surface area contributed by atoms with Crippen molar-refractivity contribution in [3.05, 3.63) is 145 Å². The van der Waals surface area contributed by atoms with Gasteiger partial charge >= 0.3 is 5.97 Å². The molecule has 1 aliphatic rings. The smallest absolute Gasteiger partial charge is 0.338 e. The molecule has 0 saturated heterocycles. The first kappa shape index (κ1) is 23.8. The van der Waals surface area contributed by atoms with E-state index in [4.69, 9.17) is 9.73 Å². The number of fused-ring (bicyclic) bond motifs is 2. The number of hydrogen-bond donors (Lipinski definition) is 0. The molecular formula is C32H24N2O3S. The number of aromatic nitrogens is 1. The van der Waals surface area contributed by atoms with Crippen molar-refractivity contribution in [3.63, 3.8) is 0 Å². The molecule has 0 fully saturated rings. The van der Waals surface area contributed by atoms with Gasteiger partial charge in [-0.3, -0.25) is 9.36 Å². The van der Waals surface area contributed by atoms with Crippen LogP contribution in [0.5, 0.6) is 0 Å². The summed E-state index contributed by atoms with van der Waals surface area (Å²) in [5.41, 5.74) is 3.26. The lowest BCUT2D eigenvalue weighted by Crippen LogP contribution is -2.40. The van der Waals surface area contributed by atoms with Crippen molar-refractivity contribution in [2.45, 2.75) is 13.0 Å². The number of benzene rings is 4. The number of rotatable bonds is 5. The zero-order valence-corrected chi connectivity index (χ0v) is 21.5. The van der Waals surface area contributed by atoms with Gasteiger partial charge in [0.1, 0.15) is 0 Å². The molecule has 1 aliphatic heterocycles. The predicted octanol–water partition coefficient (Wildman–Crippen LogP) is 5.09. The first-order chi connectivity index (χ1) is 18.7. The van der Waals surface area contributed by atoms with Gasteiger partial charge in [-0.15, -0.1) is 0 Å². The Hall–Kier alpha value is -4.55. The molecule has 5 aromatic rings. The Balaban J connectivity index is 1.66. The van der Waals surface area contributed by atoms with Crippen molar-refractivity contribution >= 4 is 39.9 Å². The summed E-state index contributed by atoms with van der Waals surface area (Å²) in [6, 6.07) is 32.7. The molecular weight excluding hydrogens is 492 g/mol. The van der Waals surface area contributed by atoms with Gasteiger partial charge in [-0.05, 0) is 34.9 Å². The predicted molar refractivity (Wildman–Crippen MR) is 151 cm³/mol. The van der Waals surface area contributed by atoms with Crippen molar-refractivity contribution in [3.8, 4) is 0 Å². The number of nitrogens with zero attached hydrogens (tertiary/aromatic N) is 2. The van der Waals surface area contributed by atoms with Gasteiger partial charge in [0.05, 0.1) is 28.5 Å². The Morgan fingerprint density at radius 3 is 2.37 bits per heavy atom. The lowest BCUT2D eigenvalue weighted by atomic mass is 9.93. The molecule has 6 rings (SSSR count). The van der Waals surface area contributed by atoms with Crippen LogP contribution in [0.4, 0.5) is 0 Å². The molecule has 0 aliphatic carbocycles. The Morgan fingerprint density at radius 1 is 0.921 bits per heavy atom. The molecule has 38 heavy (non-hydrogen) atoms. The van der Waals surface area contributed by atoms with E-state index in [1.54, 1.807) is 11.5 Å². The van der Waals surface area contributed by atoms with E-state index in [1.807, 2.05) is 91.0 Å². The van der Waals surface area contributed by atoms with E-state index in [9.17, 15) is 9.59 Å². The maximum Gasteiger partial charge on any atom is 0.338 e. The molecule has 4 aromatic carbocycles. The van der Waals surface area contributed by atoms with Crippen LogP contribution in [-0.4, -0.2) is 17.1 Å². The quantitative estimate of drug-likeness (QED) is 0.306. The minimum Gasteiger partial charge on any atom is -0.463 e. The Labute approximate surface area is 223 Å². The maximum atomic E-state index is 14.0. The van der Waals surface area contributed by atoms with Crippen LogP contribution in [-0.2, 0) is 9.53 Å². The average molecular weight is 517 g/mol. The highest BCUT2D eigenvalue weighted by molar-refractivity contribution is 7.07. The van der Waals surface area contributed by atoms with Crippen LogP contribution in [0.25, 0.3) is 22.5 Å². The topological polar surface area (TPSA) is 60.7 Å². The average Bonchev–Trinajstić information content (AvgIpc) is 3.27.